The zero-order chi connectivity index (χ0) is 21.5. The van der Waals surface area contributed by atoms with E-state index in [2.05, 4.69) is 5.32 Å². The molecule has 154 valence electrons. The predicted octanol–water partition coefficient (Wildman–Crippen LogP) is 4.05. The molecular weight excluding hydrogens is 433 g/mol. The molecule has 3 aromatic rings. The maximum atomic E-state index is 13.3. The number of aromatic nitrogens is 2. The Bertz CT molecular complexity index is 1230. The van der Waals surface area contributed by atoms with Crippen molar-refractivity contribution >= 4 is 50.7 Å². The summed E-state index contributed by atoms with van der Waals surface area (Å²) < 4.78 is 2.39. The fourth-order valence-electron chi connectivity index (χ4n) is 3.01. The highest BCUT2D eigenvalue weighted by Gasteiger charge is 2.21. The Balaban J connectivity index is 2.29. The summed E-state index contributed by atoms with van der Waals surface area (Å²) in [6, 6.07) is 4.54. The Labute approximate surface area is 181 Å². The first-order valence-electron chi connectivity index (χ1n) is 9.16. The summed E-state index contributed by atoms with van der Waals surface area (Å²) in [7, 11) is 0. The van der Waals surface area contributed by atoms with Crippen LogP contribution in [-0.4, -0.2) is 21.1 Å². The quantitative estimate of drug-likeness (QED) is 0.632. The number of nitrogens with one attached hydrogen (secondary N) is 1. The highest BCUT2D eigenvalue weighted by atomic mass is 35.5. The van der Waals surface area contributed by atoms with Crippen molar-refractivity contribution in [2.45, 2.75) is 46.7 Å². The van der Waals surface area contributed by atoms with Crippen LogP contribution in [0, 0.1) is 13.8 Å². The average Bonchev–Trinajstić information content (AvgIpc) is 2.96. The first-order valence-corrected chi connectivity index (χ1v) is 10.7. The molecule has 0 fully saturated rings. The van der Waals surface area contributed by atoms with Crippen LogP contribution in [-0.2, 0) is 11.3 Å². The van der Waals surface area contributed by atoms with E-state index in [1.807, 2.05) is 27.7 Å². The summed E-state index contributed by atoms with van der Waals surface area (Å²) in [6.07, 6.45) is 0.774. The molecule has 0 aliphatic rings. The van der Waals surface area contributed by atoms with Gasteiger partial charge in [0.1, 0.15) is 11.4 Å². The molecule has 0 radical (unpaired) electrons. The Kier molecular flexibility index (Phi) is 6.22. The van der Waals surface area contributed by atoms with Crippen LogP contribution in [0.25, 0.3) is 15.9 Å². The molecule has 1 amide bonds. The third-order valence-corrected chi connectivity index (χ3v) is 6.90. The van der Waals surface area contributed by atoms with E-state index in [-0.39, 0.29) is 23.5 Å². The van der Waals surface area contributed by atoms with Gasteiger partial charge in [0.15, 0.2) is 0 Å². The molecule has 0 saturated heterocycles. The lowest BCUT2D eigenvalue weighted by atomic mass is 10.2. The number of halogens is 2. The molecule has 0 aliphatic carbocycles. The van der Waals surface area contributed by atoms with Crippen LogP contribution in [0.3, 0.4) is 0 Å². The molecule has 6 nitrogen and oxygen atoms in total. The van der Waals surface area contributed by atoms with Crippen molar-refractivity contribution in [2.24, 2.45) is 0 Å². The lowest BCUT2D eigenvalue weighted by molar-refractivity contribution is -0.122. The average molecular weight is 454 g/mol. The van der Waals surface area contributed by atoms with Crippen molar-refractivity contribution in [1.82, 2.24) is 14.5 Å². The lowest BCUT2D eigenvalue weighted by Crippen LogP contribution is -2.42. The third kappa shape index (κ3) is 3.99. The highest BCUT2D eigenvalue weighted by molar-refractivity contribution is 7.18. The lowest BCUT2D eigenvalue weighted by Gasteiger charge is -2.15. The Morgan fingerprint density at radius 1 is 1.21 bits per heavy atom. The van der Waals surface area contributed by atoms with E-state index in [9.17, 15) is 14.4 Å². The van der Waals surface area contributed by atoms with Gasteiger partial charge >= 0.3 is 5.69 Å². The third-order valence-electron chi connectivity index (χ3n) is 4.93. The van der Waals surface area contributed by atoms with Crippen LogP contribution in [0.4, 0.5) is 0 Å². The Hall–Kier alpha value is -2.09. The van der Waals surface area contributed by atoms with Gasteiger partial charge in [-0.25, -0.2) is 9.36 Å². The van der Waals surface area contributed by atoms with Crippen molar-refractivity contribution in [1.29, 1.82) is 0 Å². The largest absolute Gasteiger partial charge is 0.352 e. The molecule has 2 aromatic heterocycles. The summed E-state index contributed by atoms with van der Waals surface area (Å²) in [5.41, 5.74) is 0.0563. The molecule has 3 rings (SSSR count). The van der Waals surface area contributed by atoms with Crippen molar-refractivity contribution < 1.29 is 4.79 Å². The summed E-state index contributed by atoms with van der Waals surface area (Å²) >= 11 is 13.4. The number of carbonyl (C=O) groups is 1. The fourth-order valence-corrected chi connectivity index (χ4v) is 4.45. The van der Waals surface area contributed by atoms with Gasteiger partial charge in [0.2, 0.25) is 5.91 Å². The van der Waals surface area contributed by atoms with Gasteiger partial charge in [0, 0.05) is 10.9 Å². The van der Waals surface area contributed by atoms with Gasteiger partial charge in [-0.15, -0.1) is 11.3 Å². The molecular formula is C20H21Cl2N3O3S. The molecule has 9 heteroatoms. The Morgan fingerprint density at radius 3 is 2.52 bits per heavy atom. The molecule has 0 saturated carbocycles. The zero-order valence-corrected chi connectivity index (χ0v) is 18.8. The SMILES string of the molecule is CC[C@H](C)NC(=O)Cn1c(=O)n(-c2ccc(Cl)c(Cl)c2)c(=O)c2c(C)c(C)sc21. The second-order valence-corrected chi connectivity index (χ2v) is 8.97. The van der Waals surface area contributed by atoms with E-state index in [0.717, 1.165) is 21.4 Å². The molecule has 0 aliphatic heterocycles. The zero-order valence-electron chi connectivity index (χ0n) is 16.5. The first kappa shape index (κ1) is 21.6. The molecule has 0 bridgehead atoms. The number of aryl methyl sites for hydroxylation is 2. The normalized spacial score (nSPS) is 12.3. The van der Waals surface area contributed by atoms with E-state index in [1.165, 1.54) is 28.0 Å². The number of hydrogen-bond donors (Lipinski definition) is 1. The number of amides is 1. The van der Waals surface area contributed by atoms with Crippen LogP contribution < -0.4 is 16.6 Å². The number of benzene rings is 1. The Morgan fingerprint density at radius 2 is 1.90 bits per heavy atom. The molecule has 1 aromatic carbocycles. The van der Waals surface area contributed by atoms with Crippen LogP contribution in [0.15, 0.2) is 27.8 Å². The van der Waals surface area contributed by atoms with E-state index >= 15 is 0 Å². The second kappa shape index (κ2) is 8.34. The summed E-state index contributed by atoms with van der Waals surface area (Å²) in [6.45, 7) is 7.40. The minimum Gasteiger partial charge on any atom is -0.352 e. The van der Waals surface area contributed by atoms with E-state index in [0.29, 0.717) is 20.9 Å². The van der Waals surface area contributed by atoms with E-state index in [1.54, 1.807) is 6.07 Å². The van der Waals surface area contributed by atoms with Crippen molar-refractivity contribution in [3.05, 3.63) is 59.5 Å². The van der Waals surface area contributed by atoms with Gasteiger partial charge in [-0.05, 0) is 51.0 Å². The first-order chi connectivity index (χ1) is 13.6. The molecule has 2 heterocycles. The smallest absolute Gasteiger partial charge is 0.337 e. The number of thiophene rings is 1. The van der Waals surface area contributed by atoms with Crippen LogP contribution >= 0.6 is 34.5 Å². The van der Waals surface area contributed by atoms with Crippen molar-refractivity contribution in [3.8, 4) is 5.69 Å². The van der Waals surface area contributed by atoms with Gasteiger partial charge in [-0.1, -0.05) is 30.1 Å². The standard InChI is InChI=1S/C20H21Cl2N3O3S/c1-5-10(2)23-16(26)9-24-19-17(11(3)12(4)29-19)18(27)25(20(24)28)13-6-7-14(21)15(22)8-13/h6-8,10H,5,9H2,1-4H3,(H,23,26)/t10-/m0/s1. The fraction of sp³-hybridized carbons (Fsp3) is 0.350. The molecule has 1 N–H and O–H groups in total. The van der Waals surface area contributed by atoms with Gasteiger partial charge in [-0.2, -0.15) is 0 Å². The number of nitrogens with zero attached hydrogens (tertiary/aromatic N) is 2. The monoisotopic (exact) mass is 453 g/mol. The van der Waals surface area contributed by atoms with Gasteiger partial charge < -0.3 is 5.32 Å². The summed E-state index contributed by atoms with van der Waals surface area (Å²) in [4.78, 5) is 40.4. The molecule has 0 spiro atoms. The van der Waals surface area contributed by atoms with Crippen molar-refractivity contribution in [3.63, 3.8) is 0 Å². The maximum Gasteiger partial charge on any atom is 0.337 e. The molecule has 0 unspecified atom stereocenters. The van der Waals surface area contributed by atoms with Crippen LogP contribution in [0.5, 0.6) is 0 Å². The van der Waals surface area contributed by atoms with Crippen LogP contribution in [0.1, 0.15) is 30.7 Å². The minimum atomic E-state index is -0.596. The predicted molar refractivity (Wildman–Crippen MR) is 119 cm³/mol. The van der Waals surface area contributed by atoms with E-state index < -0.39 is 11.2 Å². The number of carbonyl (C=O) groups excluding carboxylic acids is 1. The van der Waals surface area contributed by atoms with Crippen molar-refractivity contribution in [2.75, 3.05) is 0 Å². The minimum absolute atomic E-state index is 0.0125. The highest BCUT2D eigenvalue weighted by Crippen LogP contribution is 2.28. The maximum absolute atomic E-state index is 13.3. The number of fused-ring (bicyclic) bond motifs is 1. The number of rotatable bonds is 5. The van der Waals surface area contributed by atoms with Gasteiger partial charge in [-0.3, -0.25) is 14.2 Å². The van der Waals surface area contributed by atoms with Crippen LogP contribution in [0.2, 0.25) is 10.0 Å². The number of hydrogen-bond acceptors (Lipinski definition) is 4. The van der Waals surface area contributed by atoms with E-state index in [4.69, 9.17) is 23.2 Å². The second-order valence-electron chi connectivity index (χ2n) is 6.95. The van der Waals surface area contributed by atoms with Gasteiger partial charge in [0.25, 0.3) is 5.56 Å². The summed E-state index contributed by atoms with van der Waals surface area (Å²) in [5.74, 6) is -0.286. The molecule has 29 heavy (non-hydrogen) atoms. The van der Waals surface area contributed by atoms with Gasteiger partial charge in [0.05, 0.1) is 21.1 Å². The summed E-state index contributed by atoms with van der Waals surface area (Å²) in [5, 5.41) is 3.84. The molecule has 1 atom stereocenters. The topological polar surface area (TPSA) is 73.1 Å².